The van der Waals surface area contributed by atoms with Gasteiger partial charge in [0.15, 0.2) is 0 Å². The topological polar surface area (TPSA) is 12.0 Å². The van der Waals surface area contributed by atoms with Gasteiger partial charge in [-0.1, -0.05) is 30.3 Å². The van der Waals surface area contributed by atoms with Crippen molar-refractivity contribution in [2.24, 2.45) is 0 Å². The molecule has 0 saturated heterocycles. The first-order chi connectivity index (χ1) is 7.14. The Morgan fingerprint density at radius 1 is 1.20 bits per heavy atom. The van der Waals surface area contributed by atoms with Crippen LogP contribution in [-0.4, -0.2) is 18.0 Å². The molecule has 0 bridgehead atoms. The van der Waals surface area contributed by atoms with E-state index in [1.165, 1.54) is 5.56 Å². The molecule has 1 aromatic carbocycles. The first-order valence-corrected chi connectivity index (χ1v) is 6.02. The highest BCUT2D eigenvalue weighted by Crippen LogP contribution is 2.09. The summed E-state index contributed by atoms with van der Waals surface area (Å²) in [6, 6.07) is 10.5. The van der Waals surface area contributed by atoms with Gasteiger partial charge in [0.1, 0.15) is 0 Å². The predicted molar refractivity (Wildman–Crippen MR) is 67.6 cm³/mol. The average Bonchev–Trinajstić information content (AvgIpc) is 2.19. The van der Waals surface area contributed by atoms with Gasteiger partial charge < -0.3 is 5.32 Å². The Bertz CT molecular complexity index is 269. The number of benzene rings is 1. The molecule has 1 rings (SSSR count). The zero-order valence-corrected chi connectivity index (χ0v) is 10.3. The lowest BCUT2D eigenvalue weighted by atomic mass is 10.0. The zero-order valence-electron chi connectivity index (χ0n) is 9.59. The minimum atomic E-state index is 0.149. The molecule has 0 heterocycles. The van der Waals surface area contributed by atoms with Crippen molar-refractivity contribution < 1.29 is 0 Å². The number of alkyl halides is 1. The van der Waals surface area contributed by atoms with Crippen LogP contribution >= 0.6 is 11.6 Å². The van der Waals surface area contributed by atoms with Crippen LogP contribution < -0.4 is 5.32 Å². The maximum Gasteiger partial charge on any atom is 0.0240 e. The fraction of sp³-hybridized carbons (Fsp3) is 0.538. The Morgan fingerprint density at radius 3 is 2.47 bits per heavy atom. The van der Waals surface area contributed by atoms with Crippen molar-refractivity contribution in [3.05, 3.63) is 35.9 Å². The second-order valence-electron chi connectivity index (χ2n) is 4.49. The van der Waals surface area contributed by atoms with Crippen LogP contribution in [0.1, 0.15) is 25.8 Å². The van der Waals surface area contributed by atoms with Crippen LogP contribution in [0, 0.1) is 0 Å². The number of halogens is 1. The smallest absolute Gasteiger partial charge is 0.0240 e. The van der Waals surface area contributed by atoms with Crippen molar-refractivity contribution in [2.45, 2.75) is 32.2 Å². The first-order valence-electron chi connectivity index (χ1n) is 5.49. The van der Waals surface area contributed by atoms with Gasteiger partial charge >= 0.3 is 0 Å². The quantitative estimate of drug-likeness (QED) is 0.734. The second kappa shape index (κ2) is 6.14. The molecule has 0 aliphatic carbocycles. The number of hydrogen-bond acceptors (Lipinski definition) is 1. The van der Waals surface area contributed by atoms with Gasteiger partial charge in [-0.25, -0.2) is 0 Å². The van der Waals surface area contributed by atoms with E-state index < -0.39 is 0 Å². The molecule has 0 fully saturated rings. The fourth-order valence-corrected chi connectivity index (χ4v) is 1.99. The Labute approximate surface area is 97.8 Å². The minimum absolute atomic E-state index is 0.149. The van der Waals surface area contributed by atoms with E-state index in [1.54, 1.807) is 0 Å². The van der Waals surface area contributed by atoms with Gasteiger partial charge in [-0.05, 0) is 38.8 Å². The molecule has 0 atom stereocenters. The molecule has 2 heteroatoms. The summed E-state index contributed by atoms with van der Waals surface area (Å²) in [6.45, 7) is 5.40. The molecule has 1 aromatic rings. The second-order valence-corrected chi connectivity index (χ2v) is 4.86. The van der Waals surface area contributed by atoms with Crippen LogP contribution in [0.3, 0.4) is 0 Å². The summed E-state index contributed by atoms with van der Waals surface area (Å²) >= 11 is 5.74. The fourth-order valence-electron chi connectivity index (χ4n) is 1.51. The summed E-state index contributed by atoms with van der Waals surface area (Å²) < 4.78 is 0. The SMILES string of the molecule is CC(C)(CCCl)NCCc1ccccc1. The highest BCUT2D eigenvalue weighted by molar-refractivity contribution is 6.17. The van der Waals surface area contributed by atoms with Crippen molar-refractivity contribution in [2.75, 3.05) is 12.4 Å². The number of nitrogens with one attached hydrogen (secondary N) is 1. The van der Waals surface area contributed by atoms with Crippen LogP contribution in [0.4, 0.5) is 0 Å². The van der Waals surface area contributed by atoms with Crippen LogP contribution in [0.5, 0.6) is 0 Å². The van der Waals surface area contributed by atoms with E-state index in [4.69, 9.17) is 11.6 Å². The van der Waals surface area contributed by atoms with Crippen LogP contribution in [0.25, 0.3) is 0 Å². The van der Waals surface area contributed by atoms with E-state index in [2.05, 4.69) is 43.4 Å². The van der Waals surface area contributed by atoms with Crippen LogP contribution in [0.15, 0.2) is 30.3 Å². The molecule has 0 unspecified atom stereocenters. The van der Waals surface area contributed by atoms with Crippen molar-refractivity contribution in [3.8, 4) is 0 Å². The molecule has 0 amide bonds. The predicted octanol–water partition coefficient (Wildman–Crippen LogP) is 3.23. The molecule has 15 heavy (non-hydrogen) atoms. The summed E-state index contributed by atoms with van der Waals surface area (Å²) in [5.41, 5.74) is 1.53. The third-order valence-electron chi connectivity index (χ3n) is 2.58. The van der Waals surface area contributed by atoms with E-state index in [9.17, 15) is 0 Å². The molecule has 0 aliphatic rings. The standard InChI is InChI=1S/C13H20ClN/c1-13(2,9-10-14)15-11-8-12-6-4-3-5-7-12/h3-7,15H,8-11H2,1-2H3. The van der Waals surface area contributed by atoms with Gasteiger partial charge in [-0.2, -0.15) is 0 Å². The van der Waals surface area contributed by atoms with E-state index in [0.29, 0.717) is 5.88 Å². The molecule has 0 aromatic heterocycles. The normalized spacial score (nSPS) is 11.7. The zero-order chi connectivity index (χ0) is 11.1. The van der Waals surface area contributed by atoms with Crippen LogP contribution in [0.2, 0.25) is 0 Å². The van der Waals surface area contributed by atoms with Crippen LogP contribution in [-0.2, 0) is 6.42 Å². The lowest BCUT2D eigenvalue weighted by molar-refractivity contribution is 0.381. The summed E-state index contributed by atoms with van der Waals surface area (Å²) in [7, 11) is 0. The maximum atomic E-state index is 5.74. The highest BCUT2D eigenvalue weighted by atomic mass is 35.5. The first kappa shape index (κ1) is 12.5. The van der Waals surface area contributed by atoms with E-state index in [1.807, 2.05) is 6.07 Å². The molecule has 0 saturated carbocycles. The third-order valence-corrected chi connectivity index (χ3v) is 2.77. The monoisotopic (exact) mass is 225 g/mol. The van der Waals surface area contributed by atoms with Gasteiger partial charge in [0.05, 0.1) is 0 Å². The maximum absolute atomic E-state index is 5.74. The Hall–Kier alpha value is -0.530. The Balaban J connectivity index is 2.27. The van der Waals surface area contributed by atoms with E-state index in [-0.39, 0.29) is 5.54 Å². The van der Waals surface area contributed by atoms with E-state index in [0.717, 1.165) is 19.4 Å². The molecule has 0 aliphatic heterocycles. The van der Waals surface area contributed by atoms with E-state index >= 15 is 0 Å². The average molecular weight is 226 g/mol. The van der Waals surface area contributed by atoms with Crippen molar-refractivity contribution in [3.63, 3.8) is 0 Å². The molecular formula is C13H20ClN. The highest BCUT2D eigenvalue weighted by Gasteiger charge is 2.14. The minimum Gasteiger partial charge on any atom is -0.311 e. The molecule has 1 N–H and O–H groups in total. The number of rotatable bonds is 6. The Kier molecular flexibility index (Phi) is 5.13. The molecule has 0 radical (unpaired) electrons. The molecule has 84 valence electrons. The molecule has 1 nitrogen and oxygen atoms in total. The lowest BCUT2D eigenvalue weighted by Gasteiger charge is -2.25. The van der Waals surface area contributed by atoms with Crippen molar-refractivity contribution in [1.82, 2.24) is 5.32 Å². The third kappa shape index (κ3) is 5.19. The van der Waals surface area contributed by atoms with Gasteiger partial charge in [0.25, 0.3) is 0 Å². The summed E-state index contributed by atoms with van der Waals surface area (Å²) in [5.74, 6) is 0.714. The molecule has 0 spiro atoms. The summed E-state index contributed by atoms with van der Waals surface area (Å²) in [6.07, 6.45) is 2.08. The summed E-state index contributed by atoms with van der Waals surface area (Å²) in [4.78, 5) is 0. The summed E-state index contributed by atoms with van der Waals surface area (Å²) in [5, 5.41) is 3.52. The number of hydrogen-bond donors (Lipinski definition) is 1. The van der Waals surface area contributed by atoms with Crippen molar-refractivity contribution >= 4 is 11.6 Å². The van der Waals surface area contributed by atoms with Gasteiger partial charge in [-0.3, -0.25) is 0 Å². The molecular weight excluding hydrogens is 206 g/mol. The largest absolute Gasteiger partial charge is 0.311 e. The van der Waals surface area contributed by atoms with Gasteiger partial charge in [-0.15, -0.1) is 11.6 Å². The Morgan fingerprint density at radius 2 is 1.87 bits per heavy atom. The van der Waals surface area contributed by atoms with Crippen molar-refractivity contribution in [1.29, 1.82) is 0 Å². The van der Waals surface area contributed by atoms with Gasteiger partial charge in [0.2, 0.25) is 0 Å². The lowest BCUT2D eigenvalue weighted by Crippen LogP contribution is -2.40. The van der Waals surface area contributed by atoms with Gasteiger partial charge in [0, 0.05) is 11.4 Å².